The summed E-state index contributed by atoms with van der Waals surface area (Å²) in [5, 5.41) is 3.55. The molecule has 2 saturated heterocycles. The van der Waals surface area contributed by atoms with Crippen molar-refractivity contribution in [3.05, 3.63) is 35.4 Å². The van der Waals surface area contributed by atoms with Crippen LogP contribution in [0.3, 0.4) is 0 Å². The average Bonchev–Trinajstić information content (AvgIpc) is 3.08. The first-order valence-corrected chi connectivity index (χ1v) is 7.67. The standard InChI is InChI=1S/C16H21F3N2/c17-16(18,19)13-7-5-12(6-8-13)11-21-10-2-4-15(21)14-3-1-9-20-14/h5-8,14-15,20H,1-4,9-11H2. The van der Waals surface area contributed by atoms with Crippen molar-refractivity contribution in [3.63, 3.8) is 0 Å². The molecule has 3 rings (SSSR count). The number of alkyl halides is 3. The Kier molecular flexibility index (Phi) is 4.22. The van der Waals surface area contributed by atoms with Crippen LogP contribution < -0.4 is 5.32 Å². The summed E-state index contributed by atoms with van der Waals surface area (Å²) in [6.07, 6.45) is 0.577. The van der Waals surface area contributed by atoms with E-state index in [4.69, 9.17) is 0 Å². The number of nitrogens with one attached hydrogen (secondary N) is 1. The molecule has 2 nitrogen and oxygen atoms in total. The molecule has 2 heterocycles. The minimum Gasteiger partial charge on any atom is -0.312 e. The lowest BCUT2D eigenvalue weighted by atomic mass is 10.0. The van der Waals surface area contributed by atoms with Crippen LogP contribution in [0.15, 0.2) is 24.3 Å². The Morgan fingerprint density at radius 1 is 1.10 bits per heavy atom. The van der Waals surface area contributed by atoms with Gasteiger partial charge in [-0.05, 0) is 56.5 Å². The van der Waals surface area contributed by atoms with E-state index in [1.165, 1.54) is 37.8 Å². The second kappa shape index (κ2) is 5.97. The molecule has 0 spiro atoms. The molecule has 2 aliphatic heterocycles. The van der Waals surface area contributed by atoms with Crippen molar-refractivity contribution in [1.82, 2.24) is 10.2 Å². The number of hydrogen-bond donors (Lipinski definition) is 1. The van der Waals surface area contributed by atoms with Crippen molar-refractivity contribution in [2.75, 3.05) is 13.1 Å². The molecule has 0 aromatic heterocycles. The lowest BCUT2D eigenvalue weighted by Crippen LogP contribution is -2.43. The largest absolute Gasteiger partial charge is 0.416 e. The molecule has 2 atom stereocenters. The number of hydrogen-bond acceptors (Lipinski definition) is 2. The van der Waals surface area contributed by atoms with Gasteiger partial charge in [-0.3, -0.25) is 4.90 Å². The highest BCUT2D eigenvalue weighted by molar-refractivity contribution is 5.24. The maximum atomic E-state index is 12.6. The first-order chi connectivity index (χ1) is 10.0. The van der Waals surface area contributed by atoms with Crippen LogP contribution in [-0.2, 0) is 12.7 Å². The average molecular weight is 298 g/mol. The van der Waals surface area contributed by atoms with E-state index in [0.29, 0.717) is 12.1 Å². The molecule has 1 aromatic rings. The molecule has 21 heavy (non-hydrogen) atoms. The Hall–Kier alpha value is -1.07. The molecular weight excluding hydrogens is 277 g/mol. The summed E-state index contributed by atoms with van der Waals surface area (Å²) in [5.41, 5.74) is 0.398. The fraction of sp³-hybridized carbons (Fsp3) is 0.625. The van der Waals surface area contributed by atoms with Gasteiger partial charge in [-0.25, -0.2) is 0 Å². The van der Waals surface area contributed by atoms with Gasteiger partial charge in [0, 0.05) is 18.6 Å². The van der Waals surface area contributed by atoms with Crippen LogP contribution in [-0.4, -0.2) is 30.1 Å². The molecule has 1 aromatic carbocycles. The Labute approximate surface area is 123 Å². The minimum absolute atomic E-state index is 0.537. The van der Waals surface area contributed by atoms with Gasteiger partial charge in [0.15, 0.2) is 0 Å². The molecule has 2 aliphatic rings. The fourth-order valence-electron chi connectivity index (χ4n) is 3.58. The van der Waals surface area contributed by atoms with Gasteiger partial charge in [-0.15, -0.1) is 0 Å². The Balaban J connectivity index is 1.65. The number of nitrogens with zero attached hydrogens (tertiary/aromatic N) is 1. The third kappa shape index (κ3) is 3.40. The third-order valence-corrected chi connectivity index (χ3v) is 4.64. The van der Waals surface area contributed by atoms with E-state index >= 15 is 0 Å². The summed E-state index contributed by atoms with van der Waals surface area (Å²) in [5.74, 6) is 0. The van der Waals surface area contributed by atoms with Crippen molar-refractivity contribution in [2.24, 2.45) is 0 Å². The molecule has 2 unspecified atom stereocenters. The Bertz CT molecular complexity index is 463. The molecule has 0 bridgehead atoms. The van der Waals surface area contributed by atoms with Crippen molar-refractivity contribution in [1.29, 1.82) is 0 Å². The summed E-state index contributed by atoms with van der Waals surface area (Å²) in [4.78, 5) is 2.42. The molecule has 1 N–H and O–H groups in total. The van der Waals surface area contributed by atoms with Gasteiger partial charge in [0.1, 0.15) is 0 Å². The zero-order valence-electron chi connectivity index (χ0n) is 12.0. The lowest BCUT2D eigenvalue weighted by Gasteiger charge is -2.29. The van der Waals surface area contributed by atoms with Gasteiger partial charge >= 0.3 is 6.18 Å². The topological polar surface area (TPSA) is 15.3 Å². The van der Waals surface area contributed by atoms with E-state index in [-0.39, 0.29) is 0 Å². The van der Waals surface area contributed by atoms with E-state index in [9.17, 15) is 13.2 Å². The minimum atomic E-state index is -4.25. The van der Waals surface area contributed by atoms with Crippen LogP contribution in [0.2, 0.25) is 0 Å². The van der Waals surface area contributed by atoms with E-state index in [1.807, 2.05) is 0 Å². The number of benzene rings is 1. The highest BCUT2D eigenvalue weighted by Crippen LogP contribution is 2.30. The van der Waals surface area contributed by atoms with E-state index in [1.54, 1.807) is 12.1 Å². The van der Waals surface area contributed by atoms with Gasteiger partial charge < -0.3 is 5.32 Å². The second-order valence-corrected chi connectivity index (χ2v) is 6.08. The molecule has 0 saturated carbocycles. The molecule has 116 valence electrons. The molecule has 0 radical (unpaired) electrons. The second-order valence-electron chi connectivity index (χ2n) is 6.08. The van der Waals surface area contributed by atoms with Crippen LogP contribution in [0.5, 0.6) is 0 Å². The smallest absolute Gasteiger partial charge is 0.312 e. The van der Waals surface area contributed by atoms with Crippen LogP contribution in [0, 0.1) is 0 Å². The first-order valence-electron chi connectivity index (χ1n) is 7.67. The monoisotopic (exact) mass is 298 g/mol. The maximum absolute atomic E-state index is 12.6. The molecular formula is C16H21F3N2. The van der Waals surface area contributed by atoms with Crippen LogP contribution in [0.1, 0.15) is 36.8 Å². The van der Waals surface area contributed by atoms with Crippen molar-refractivity contribution >= 4 is 0 Å². The number of likely N-dealkylation sites (tertiary alicyclic amines) is 1. The van der Waals surface area contributed by atoms with Gasteiger partial charge in [0.25, 0.3) is 0 Å². The highest BCUT2D eigenvalue weighted by atomic mass is 19.4. The van der Waals surface area contributed by atoms with Crippen LogP contribution >= 0.6 is 0 Å². The summed E-state index contributed by atoms with van der Waals surface area (Å²) in [6.45, 7) is 2.89. The molecule has 0 aliphatic carbocycles. The van der Waals surface area contributed by atoms with Gasteiger partial charge in [0.05, 0.1) is 5.56 Å². The highest BCUT2D eigenvalue weighted by Gasteiger charge is 2.33. The zero-order chi connectivity index (χ0) is 14.9. The van der Waals surface area contributed by atoms with Crippen LogP contribution in [0.4, 0.5) is 13.2 Å². The third-order valence-electron chi connectivity index (χ3n) is 4.64. The predicted molar refractivity (Wildman–Crippen MR) is 75.9 cm³/mol. The van der Waals surface area contributed by atoms with E-state index in [0.717, 1.165) is 25.2 Å². The Morgan fingerprint density at radius 3 is 2.48 bits per heavy atom. The fourth-order valence-corrected chi connectivity index (χ4v) is 3.58. The van der Waals surface area contributed by atoms with Crippen molar-refractivity contribution in [2.45, 2.75) is 50.5 Å². The molecule has 0 amide bonds. The molecule has 5 heteroatoms. The predicted octanol–water partition coefficient (Wildman–Crippen LogP) is 3.42. The van der Waals surface area contributed by atoms with Crippen molar-refractivity contribution < 1.29 is 13.2 Å². The summed E-state index contributed by atoms with van der Waals surface area (Å²) < 4.78 is 37.7. The number of halogens is 3. The van der Waals surface area contributed by atoms with Gasteiger partial charge in [-0.2, -0.15) is 13.2 Å². The van der Waals surface area contributed by atoms with Gasteiger partial charge in [0.2, 0.25) is 0 Å². The normalized spacial score (nSPS) is 27.4. The maximum Gasteiger partial charge on any atom is 0.416 e. The molecule has 2 fully saturated rings. The Morgan fingerprint density at radius 2 is 1.86 bits per heavy atom. The SMILES string of the molecule is FC(F)(F)c1ccc(CN2CCCC2C2CCCN2)cc1. The lowest BCUT2D eigenvalue weighted by molar-refractivity contribution is -0.137. The summed E-state index contributed by atoms with van der Waals surface area (Å²) in [7, 11) is 0. The quantitative estimate of drug-likeness (QED) is 0.920. The summed E-state index contributed by atoms with van der Waals surface area (Å²) >= 11 is 0. The van der Waals surface area contributed by atoms with Gasteiger partial charge in [-0.1, -0.05) is 12.1 Å². The first kappa shape index (κ1) is 14.9. The van der Waals surface area contributed by atoms with E-state index < -0.39 is 11.7 Å². The summed E-state index contributed by atoms with van der Waals surface area (Å²) in [6, 6.07) is 6.69. The van der Waals surface area contributed by atoms with E-state index in [2.05, 4.69) is 10.2 Å². The number of rotatable bonds is 3. The van der Waals surface area contributed by atoms with Crippen LogP contribution in [0.25, 0.3) is 0 Å². The van der Waals surface area contributed by atoms with Crippen molar-refractivity contribution in [3.8, 4) is 0 Å². The zero-order valence-corrected chi connectivity index (χ0v) is 12.0.